The number of nitrogens with zero attached hydrogens (tertiary/aromatic N) is 2. The lowest BCUT2D eigenvalue weighted by Crippen LogP contribution is -2.38. The number of anilines is 1. The molecular formula is C20H28N2O4. The molecule has 142 valence electrons. The molecule has 1 aromatic rings. The normalized spacial score (nSPS) is 18.6. The molecule has 0 aliphatic carbocycles. The molecule has 1 N–H and O–H groups in total. The first-order chi connectivity index (χ1) is 12.6. The second-order valence-corrected chi connectivity index (χ2v) is 7.25. The molecule has 1 aromatic carbocycles. The highest BCUT2D eigenvalue weighted by molar-refractivity contribution is 5.95. The fourth-order valence-electron chi connectivity index (χ4n) is 3.96. The molecule has 1 saturated heterocycles. The lowest BCUT2D eigenvalue weighted by molar-refractivity contribution is -0.143. The van der Waals surface area contributed by atoms with Crippen molar-refractivity contribution in [1.29, 1.82) is 0 Å². The Kier molecular flexibility index (Phi) is 6.27. The van der Waals surface area contributed by atoms with Crippen LogP contribution in [0, 0.1) is 5.92 Å². The minimum atomic E-state index is -0.660. The zero-order valence-corrected chi connectivity index (χ0v) is 15.4. The highest BCUT2D eigenvalue weighted by Gasteiger charge is 2.25. The van der Waals surface area contributed by atoms with Crippen LogP contribution in [0.3, 0.4) is 0 Å². The predicted octanol–water partition coefficient (Wildman–Crippen LogP) is 1.95. The second kappa shape index (κ2) is 8.64. The molecule has 26 heavy (non-hydrogen) atoms. The number of benzene rings is 1. The Morgan fingerprint density at radius 3 is 2.69 bits per heavy atom. The Hall–Kier alpha value is -1.92. The summed E-state index contributed by atoms with van der Waals surface area (Å²) >= 11 is 0. The van der Waals surface area contributed by atoms with Crippen molar-refractivity contribution in [3.8, 4) is 0 Å². The number of carboxylic acids is 1. The number of aliphatic carboxylic acids is 1. The van der Waals surface area contributed by atoms with Crippen molar-refractivity contribution in [3.63, 3.8) is 0 Å². The summed E-state index contributed by atoms with van der Waals surface area (Å²) in [5.41, 5.74) is 3.54. The van der Waals surface area contributed by atoms with Crippen LogP contribution >= 0.6 is 0 Å². The molecular weight excluding hydrogens is 332 g/mol. The molecule has 2 aliphatic rings. The van der Waals surface area contributed by atoms with Crippen LogP contribution in [0.4, 0.5) is 5.69 Å². The smallest absolute Gasteiger partial charge is 0.306 e. The number of carboxylic acid groups (broad SMARTS) is 1. The summed E-state index contributed by atoms with van der Waals surface area (Å²) in [6.07, 6.45) is 4.43. The number of piperidine rings is 1. The number of hydrogen-bond acceptors (Lipinski definition) is 4. The number of aryl methyl sites for hydroxylation is 1. The van der Waals surface area contributed by atoms with E-state index in [0.717, 1.165) is 64.0 Å². The first kappa shape index (κ1) is 18.9. The summed E-state index contributed by atoms with van der Waals surface area (Å²) in [5.74, 6) is -0.819. The Morgan fingerprint density at radius 1 is 1.23 bits per heavy atom. The van der Waals surface area contributed by atoms with Crippen molar-refractivity contribution in [2.75, 3.05) is 44.8 Å². The molecule has 0 saturated carbocycles. The summed E-state index contributed by atoms with van der Waals surface area (Å²) in [6, 6.07) is 6.40. The molecule has 1 amide bonds. The molecule has 3 rings (SSSR count). The van der Waals surface area contributed by atoms with E-state index in [1.807, 2.05) is 4.90 Å². The summed E-state index contributed by atoms with van der Waals surface area (Å²) in [7, 11) is 1.55. The largest absolute Gasteiger partial charge is 0.481 e. The number of ether oxygens (including phenoxy) is 1. The number of carbonyl (C=O) groups is 2. The summed E-state index contributed by atoms with van der Waals surface area (Å²) in [5, 5.41) is 9.08. The van der Waals surface area contributed by atoms with Crippen molar-refractivity contribution >= 4 is 17.6 Å². The highest BCUT2D eigenvalue weighted by Crippen LogP contribution is 2.28. The first-order valence-corrected chi connectivity index (χ1v) is 9.44. The third kappa shape index (κ3) is 4.43. The van der Waals surface area contributed by atoms with Crippen LogP contribution in [0.25, 0.3) is 0 Å². The van der Waals surface area contributed by atoms with Crippen molar-refractivity contribution in [3.05, 3.63) is 29.3 Å². The topological polar surface area (TPSA) is 70.1 Å². The Morgan fingerprint density at radius 2 is 2.00 bits per heavy atom. The molecule has 0 radical (unpaired) electrons. The van der Waals surface area contributed by atoms with Gasteiger partial charge in [0.15, 0.2) is 0 Å². The Balaban J connectivity index is 1.57. The molecule has 0 spiro atoms. The van der Waals surface area contributed by atoms with Crippen LogP contribution in [0.2, 0.25) is 0 Å². The third-order valence-corrected chi connectivity index (χ3v) is 5.48. The molecule has 0 atom stereocenters. The number of hydrogen-bond donors (Lipinski definition) is 1. The van der Waals surface area contributed by atoms with Crippen LogP contribution in [-0.2, 0) is 27.2 Å². The summed E-state index contributed by atoms with van der Waals surface area (Å²) in [4.78, 5) is 27.4. The van der Waals surface area contributed by atoms with Crippen LogP contribution < -0.4 is 4.90 Å². The van der Waals surface area contributed by atoms with Gasteiger partial charge in [0.25, 0.3) is 5.91 Å². The maximum Gasteiger partial charge on any atom is 0.306 e. The van der Waals surface area contributed by atoms with Gasteiger partial charge >= 0.3 is 5.97 Å². The van der Waals surface area contributed by atoms with Gasteiger partial charge in [0.05, 0.1) is 5.92 Å². The second-order valence-electron chi connectivity index (χ2n) is 7.25. The minimum Gasteiger partial charge on any atom is -0.481 e. The van der Waals surface area contributed by atoms with E-state index in [-0.39, 0.29) is 18.4 Å². The molecule has 0 unspecified atom stereocenters. The molecule has 2 aliphatic heterocycles. The quantitative estimate of drug-likeness (QED) is 0.840. The minimum absolute atomic E-state index is 0.0162. The molecule has 6 nitrogen and oxygen atoms in total. The van der Waals surface area contributed by atoms with Gasteiger partial charge in [0.2, 0.25) is 0 Å². The van der Waals surface area contributed by atoms with Gasteiger partial charge in [-0.25, -0.2) is 0 Å². The van der Waals surface area contributed by atoms with E-state index < -0.39 is 5.97 Å². The lowest BCUT2D eigenvalue weighted by atomic mass is 9.96. The van der Waals surface area contributed by atoms with Gasteiger partial charge in [-0.1, -0.05) is 12.1 Å². The van der Waals surface area contributed by atoms with E-state index in [9.17, 15) is 9.59 Å². The van der Waals surface area contributed by atoms with Gasteiger partial charge in [-0.3, -0.25) is 9.59 Å². The fourth-order valence-corrected chi connectivity index (χ4v) is 3.96. The SMILES string of the molecule is COCC(=O)N1CCCc2cc(CCN3CCC(C(=O)O)CC3)ccc21. The number of likely N-dealkylation sites (tertiary alicyclic amines) is 1. The highest BCUT2D eigenvalue weighted by atomic mass is 16.5. The molecule has 0 aromatic heterocycles. The number of methoxy groups -OCH3 is 1. The molecule has 0 bridgehead atoms. The van der Waals surface area contributed by atoms with E-state index in [1.165, 1.54) is 11.1 Å². The van der Waals surface area contributed by atoms with E-state index in [2.05, 4.69) is 23.1 Å². The van der Waals surface area contributed by atoms with E-state index >= 15 is 0 Å². The Labute approximate surface area is 154 Å². The zero-order valence-electron chi connectivity index (χ0n) is 15.4. The zero-order chi connectivity index (χ0) is 18.5. The van der Waals surface area contributed by atoms with Crippen LogP contribution in [-0.4, -0.2) is 61.8 Å². The maximum atomic E-state index is 12.2. The number of carbonyl (C=O) groups excluding carboxylic acids is 1. The number of rotatable bonds is 6. The molecule has 1 fully saturated rings. The predicted molar refractivity (Wildman–Crippen MR) is 99.5 cm³/mol. The maximum absolute atomic E-state index is 12.2. The van der Waals surface area contributed by atoms with Crippen LogP contribution in [0.1, 0.15) is 30.4 Å². The van der Waals surface area contributed by atoms with E-state index in [0.29, 0.717) is 0 Å². The van der Waals surface area contributed by atoms with E-state index in [4.69, 9.17) is 9.84 Å². The number of amides is 1. The van der Waals surface area contributed by atoms with E-state index in [1.54, 1.807) is 7.11 Å². The summed E-state index contributed by atoms with van der Waals surface area (Å²) < 4.78 is 4.99. The van der Waals surface area contributed by atoms with Gasteiger partial charge in [-0.15, -0.1) is 0 Å². The van der Waals surface area contributed by atoms with Crippen molar-refractivity contribution in [2.45, 2.75) is 32.1 Å². The van der Waals surface area contributed by atoms with Crippen molar-refractivity contribution < 1.29 is 19.4 Å². The lowest BCUT2D eigenvalue weighted by Gasteiger charge is -2.31. The van der Waals surface area contributed by atoms with Gasteiger partial charge in [-0.2, -0.15) is 0 Å². The Bertz CT molecular complexity index is 653. The third-order valence-electron chi connectivity index (χ3n) is 5.48. The molecule has 6 heteroatoms. The average Bonchev–Trinajstić information content (AvgIpc) is 2.66. The van der Waals surface area contributed by atoms with Crippen molar-refractivity contribution in [2.24, 2.45) is 5.92 Å². The van der Waals surface area contributed by atoms with Gasteiger partial charge in [0, 0.05) is 25.9 Å². The molecule has 2 heterocycles. The fraction of sp³-hybridized carbons (Fsp3) is 0.600. The first-order valence-electron chi connectivity index (χ1n) is 9.44. The average molecular weight is 360 g/mol. The van der Waals surface area contributed by atoms with Crippen LogP contribution in [0.5, 0.6) is 0 Å². The standard InChI is InChI=1S/C20H28N2O4/c1-26-14-19(23)22-9-2-3-17-13-15(4-5-18(17)22)6-10-21-11-7-16(8-12-21)20(24)25/h4-5,13,16H,2-3,6-12,14H2,1H3,(H,24,25). The monoisotopic (exact) mass is 360 g/mol. The van der Waals surface area contributed by atoms with Gasteiger partial charge < -0.3 is 19.6 Å². The van der Waals surface area contributed by atoms with Crippen molar-refractivity contribution in [1.82, 2.24) is 4.90 Å². The van der Waals surface area contributed by atoms with Gasteiger partial charge in [-0.05, 0) is 62.4 Å². The summed E-state index contributed by atoms with van der Waals surface area (Å²) in [6.45, 7) is 3.56. The van der Waals surface area contributed by atoms with Gasteiger partial charge in [0.1, 0.15) is 6.61 Å². The number of fused-ring (bicyclic) bond motifs is 1. The van der Waals surface area contributed by atoms with Crippen LogP contribution in [0.15, 0.2) is 18.2 Å².